The van der Waals surface area contributed by atoms with Crippen LogP contribution in [0, 0.1) is 0 Å². The maximum absolute atomic E-state index is 12.2. The number of carbonyl (C=O) groups excluding carboxylic acids is 1. The molecule has 6 heterocycles. The number of amides is 1. The van der Waals surface area contributed by atoms with E-state index in [4.69, 9.17) is 4.98 Å². The molecule has 0 unspecified atom stereocenters. The van der Waals surface area contributed by atoms with E-state index in [0.29, 0.717) is 23.6 Å². The highest BCUT2D eigenvalue weighted by Crippen LogP contribution is 2.32. The predicted octanol–water partition coefficient (Wildman–Crippen LogP) is 5.82. The molecule has 10 heteroatoms. The Morgan fingerprint density at radius 1 is 1.08 bits per heavy atom. The number of hydrogen-bond acceptors (Lipinski definition) is 7. The smallest absolute Gasteiger partial charge is 0.224 e. The summed E-state index contributed by atoms with van der Waals surface area (Å²) in [5, 5.41) is 15.3. The molecule has 1 amide bonds. The Hall–Kier alpha value is -4.44. The van der Waals surface area contributed by atoms with Crippen LogP contribution in [0.1, 0.15) is 26.2 Å². The molecule has 9 nitrogen and oxygen atoms in total. The van der Waals surface area contributed by atoms with E-state index in [0.717, 1.165) is 57.3 Å². The highest BCUT2D eigenvalue weighted by molar-refractivity contribution is 7.08. The molecular weight excluding hydrogens is 472 g/mol. The zero-order valence-electron chi connectivity index (χ0n) is 19.4. The number of aromatic nitrogens is 7. The molecule has 36 heavy (non-hydrogen) atoms. The van der Waals surface area contributed by atoms with Gasteiger partial charge >= 0.3 is 0 Å². The van der Waals surface area contributed by atoms with Crippen molar-refractivity contribution in [3.63, 3.8) is 0 Å². The van der Waals surface area contributed by atoms with E-state index in [2.05, 4.69) is 47.8 Å². The number of rotatable bonds is 7. The van der Waals surface area contributed by atoms with Crippen molar-refractivity contribution in [3.05, 3.63) is 59.8 Å². The van der Waals surface area contributed by atoms with E-state index in [1.165, 1.54) is 0 Å². The Balaban J connectivity index is 1.37. The number of carbonyl (C=O) groups is 1. The molecule has 3 N–H and O–H groups in total. The first-order valence-corrected chi connectivity index (χ1v) is 12.6. The third-order valence-electron chi connectivity index (χ3n) is 5.95. The number of fused-ring (bicyclic) bond motifs is 2. The van der Waals surface area contributed by atoms with E-state index in [-0.39, 0.29) is 5.91 Å². The van der Waals surface area contributed by atoms with Crippen LogP contribution < -0.4 is 5.32 Å². The minimum absolute atomic E-state index is 0.0114. The quantitative estimate of drug-likeness (QED) is 0.257. The maximum Gasteiger partial charge on any atom is 0.224 e. The lowest BCUT2D eigenvalue weighted by Crippen LogP contribution is -2.11. The van der Waals surface area contributed by atoms with Crippen LogP contribution in [0.15, 0.2) is 59.8 Å². The van der Waals surface area contributed by atoms with Crippen LogP contribution >= 0.6 is 11.3 Å². The van der Waals surface area contributed by atoms with Gasteiger partial charge in [-0.3, -0.25) is 19.9 Å². The first kappa shape index (κ1) is 22.1. The van der Waals surface area contributed by atoms with E-state index in [1.807, 2.05) is 29.6 Å². The Morgan fingerprint density at radius 2 is 2.00 bits per heavy atom. The summed E-state index contributed by atoms with van der Waals surface area (Å²) >= 11 is 1.63. The summed E-state index contributed by atoms with van der Waals surface area (Å²) in [7, 11) is 0. The maximum atomic E-state index is 12.2. The van der Waals surface area contributed by atoms with Gasteiger partial charge in [0.25, 0.3) is 0 Å². The van der Waals surface area contributed by atoms with Crippen LogP contribution in [0.2, 0.25) is 0 Å². The number of nitrogens with zero attached hydrogens (tertiary/aromatic N) is 5. The predicted molar refractivity (Wildman–Crippen MR) is 141 cm³/mol. The standard InChI is InChI=1S/C26H22N8OS/c1-2-3-4-21(35)30-18-9-16(11-27-13-18)17-10-19-23(33-34-25(19)29-12-17)26-31-20-5-7-28-22(24(20)32-26)15-6-8-36-14-15/h5-14H,2-4H2,1H3,(H,30,35)(H,31,32)(H,29,33,34). The van der Waals surface area contributed by atoms with Crippen molar-refractivity contribution in [3.8, 4) is 33.9 Å². The number of pyridine rings is 3. The van der Waals surface area contributed by atoms with Gasteiger partial charge in [-0.15, -0.1) is 0 Å². The fourth-order valence-electron chi connectivity index (χ4n) is 4.13. The van der Waals surface area contributed by atoms with Gasteiger partial charge in [-0.05, 0) is 36.1 Å². The van der Waals surface area contributed by atoms with Crippen molar-refractivity contribution in [2.45, 2.75) is 26.2 Å². The van der Waals surface area contributed by atoms with Crippen LogP contribution in [0.5, 0.6) is 0 Å². The summed E-state index contributed by atoms with van der Waals surface area (Å²) in [6.07, 6.45) is 9.26. The molecule has 0 aromatic carbocycles. The highest BCUT2D eigenvalue weighted by atomic mass is 32.1. The molecule has 0 saturated carbocycles. The number of H-pyrrole nitrogens is 2. The summed E-state index contributed by atoms with van der Waals surface area (Å²) in [6, 6.07) is 7.86. The number of anilines is 1. The Bertz CT molecular complexity index is 1690. The molecule has 6 aromatic heterocycles. The Kier molecular flexibility index (Phi) is 5.70. The lowest BCUT2D eigenvalue weighted by Gasteiger charge is -2.07. The minimum atomic E-state index is -0.0114. The molecule has 0 radical (unpaired) electrons. The number of imidazole rings is 1. The first-order valence-electron chi connectivity index (χ1n) is 11.7. The molecule has 0 aliphatic heterocycles. The fourth-order valence-corrected chi connectivity index (χ4v) is 4.77. The van der Waals surface area contributed by atoms with Crippen molar-refractivity contribution in [2.75, 3.05) is 5.32 Å². The van der Waals surface area contributed by atoms with Crippen molar-refractivity contribution < 1.29 is 4.79 Å². The number of aromatic amines is 2. The van der Waals surface area contributed by atoms with Crippen LogP contribution in [0.25, 0.3) is 56.0 Å². The second-order valence-corrected chi connectivity index (χ2v) is 9.24. The van der Waals surface area contributed by atoms with E-state index >= 15 is 0 Å². The van der Waals surface area contributed by atoms with E-state index < -0.39 is 0 Å². The molecule has 6 rings (SSSR count). The normalized spacial score (nSPS) is 11.4. The monoisotopic (exact) mass is 494 g/mol. The third-order valence-corrected chi connectivity index (χ3v) is 6.64. The summed E-state index contributed by atoms with van der Waals surface area (Å²) in [5.41, 5.74) is 7.26. The van der Waals surface area contributed by atoms with Gasteiger partial charge in [0.15, 0.2) is 11.5 Å². The van der Waals surface area contributed by atoms with Crippen LogP contribution in [0.4, 0.5) is 5.69 Å². The molecule has 178 valence electrons. The average Bonchev–Trinajstić information content (AvgIpc) is 3.66. The molecule has 0 saturated heterocycles. The topological polar surface area (TPSA) is 125 Å². The molecule has 0 aliphatic carbocycles. The van der Waals surface area contributed by atoms with Gasteiger partial charge in [-0.1, -0.05) is 13.3 Å². The van der Waals surface area contributed by atoms with E-state index in [1.54, 1.807) is 36.1 Å². The fraction of sp³-hybridized carbons (Fsp3) is 0.154. The van der Waals surface area contributed by atoms with Gasteiger partial charge in [0.05, 0.1) is 28.5 Å². The Labute approximate surface area is 210 Å². The number of thiophene rings is 1. The molecule has 0 bridgehead atoms. The number of unbranched alkanes of at least 4 members (excludes halogenated alkanes) is 1. The summed E-state index contributed by atoms with van der Waals surface area (Å²) in [4.78, 5) is 33.8. The van der Waals surface area contributed by atoms with E-state index in [9.17, 15) is 4.79 Å². The average molecular weight is 495 g/mol. The second-order valence-electron chi connectivity index (χ2n) is 8.46. The van der Waals surface area contributed by atoms with Crippen LogP contribution in [0.3, 0.4) is 0 Å². The van der Waals surface area contributed by atoms with Gasteiger partial charge in [-0.25, -0.2) is 9.97 Å². The molecule has 6 aromatic rings. The lowest BCUT2D eigenvalue weighted by molar-refractivity contribution is -0.116. The Morgan fingerprint density at radius 3 is 2.86 bits per heavy atom. The van der Waals surface area contributed by atoms with Gasteiger partial charge in [-0.2, -0.15) is 16.4 Å². The van der Waals surface area contributed by atoms with Crippen molar-refractivity contribution in [1.82, 2.24) is 35.1 Å². The molecule has 0 aliphatic rings. The molecule has 0 atom stereocenters. The van der Waals surface area contributed by atoms with Gasteiger partial charge in [0.2, 0.25) is 5.91 Å². The summed E-state index contributed by atoms with van der Waals surface area (Å²) in [6.45, 7) is 2.06. The van der Waals surface area contributed by atoms with Gasteiger partial charge < -0.3 is 10.3 Å². The SMILES string of the molecule is CCCCC(=O)Nc1cncc(-c2cnc3n[nH]c(-c4nc5c(-c6ccsc6)nccc5[nH]4)c3c2)c1. The molecular formula is C26H22N8OS. The largest absolute Gasteiger partial charge is 0.337 e. The third kappa shape index (κ3) is 4.11. The number of hydrogen-bond donors (Lipinski definition) is 3. The summed E-state index contributed by atoms with van der Waals surface area (Å²) in [5.74, 6) is 0.647. The lowest BCUT2D eigenvalue weighted by atomic mass is 10.1. The first-order chi connectivity index (χ1) is 17.7. The number of nitrogens with one attached hydrogen (secondary N) is 3. The van der Waals surface area contributed by atoms with Crippen LogP contribution in [-0.2, 0) is 4.79 Å². The van der Waals surface area contributed by atoms with Gasteiger partial charge in [0.1, 0.15) is 11.2 Å². The van der Waals surface area contributed by atoms with Gasteiger partial charge in [0, 0.05) is 47.1 Å². The zero-order valence-corrected chi connectivity index (χ0v) is 20.3. The molecule has 0 spiro atoms. The van der Waals surface area contributed by atoms with Crippen molar-refractivity contribution >= 4 is 45.0 Å². The summed E-state index contributed by atoms with van der Waals surface area (Å²) < 4.78 is 0. The van der Waals surface area contributed by atoms with Crippen molar-refractivity contribution in [1.29, 1.82) is 0 Å². The highest BCUT2D eigenvalue weighted by Gasteiger charge is 2.17. The van der Waals surface area contributed by atoms with Crippen LogP contribution in [-0.4, -0.2) is 41.0 Å². The van der Waals surface area contributed by atoms with Crippen molar-refractivity contribution in [2.24, 2.45) is 0 Å². The zero-order chi connectivity index (χ0) is 24.5. The second kappa shape index (κ2) is 9.31. The minimum Gasteiger partial charge on any atom is -0.337 e. The molecule has 0 fully saturated rings.